The van der Waals surface area contributed by atoms with Crippen molar-refractivity contribution < 1.29 is 9.90 Å². The predicted octanol–water partition coefficient (Wildman–Crippen LogP) is 3.55. The Kier molecular flexibility index (Phi) is 4.77. The summed E-state index contributed by atoms with van der Waals surface area (Å²) >= 11 is 5.90. The number of phenols is 1. The number of benzene rings is 2. The van der Waals surface area contributed by atoms with Crippen molar-refractivity contribution in [3.63, 3.8) is 0 Å². The van der Waals surface area contributed by atoms with Gasteiger partial charge in [0.1, 0.15) is 12.1 Å². The first-order valence-corrected chi connectivity index (χ1v) is 9.13. The minimum absolute atomic E-state index is 0.0428. The molecule has 0 unspecified atom stereocenters. The molecule has 2 aromatic carbocycles. The molecule has 3 N–H and O–H groups in total. The lowest BCUT2D eigenvalue weighted by atomic mass is 10.1. The van der Waals surface area contributed by atoms with Gasteiger partial charge in [0.15, 0.2) is 11.5 Å². The number of rotatable bonds is 4. The maximum absolute atomic E-state index is 12.4. The highest BCUT2D eigenvalue weighted by molar-refractivity contribution is 6.31. The topological polar surface area (TPSA) is 105 Å². The highest BCUT2D eigenvalue weighted by Gasteiger charge is 2.15. The standard InChI is InChI=1S/C20H17ClN6O2/c1-11-3-5-16(12(2)7-11)27-19-15(9-24-27)18(22-10-23-19)25-26-20(29)14-8-13(21)4-6-17(14)28/h3-10,28H,1-2H3,(H,26,29)(H,22,23,25). The molecule has 0 fully saturated rings. The zero-order chi connectivity index (χ0) is 20.5. The quantitative estimate of drug-likeness (QED) is 0.446. The van der Waals surface area contributed by atoms with E-state index in [0.29, 0.717) is 21.9 Å². The molecule has 29 heavy (non-hydrogen) atoms. The Morgan fingerprint density at radius 1 is 1.14 bits per heavy atom. The van der Waals surface area contributed by atoms with E-state index >= 15 is 0 Å². The van der Waals surface area contributed by atoms with E-state index in [4.69, 9.17) is 11.6 Å². The Bertz CT molecular complexity index is 1240. The number of carbonyl (C=O) groups is 1. The first kappa shape index (κ1) is 18.7. The second-order valence-corrected chi connectivity index (χ2v) is 6.98. The first-order chi connectivity index (χ1) is 13.9. The molecule has 0 spiro atoms. The van der Waals surface area contributed by atoms with Gasteiger partial charge in [0.25, 0.3) is 5.91 Å². The van der Waals surface area contributed by atoms with E-state index in [2.05, 4.69) is 32.0 Å². The van der Waals surface area contributed by atoms with Gasteiger partial charge in [-0.2, -0.15) is 5.10 Å². The van der Waals surface area contributed by atoms with Crippen LogP contribution in [0.3, 0.4) is 0 Å². The van der Waals surface area contributed by atoms with Gasteiger partial charge in [-0.3, -0.25) is 15.6 Å². The lowest BCUT2D eigenvalue weighted by Crippen LogP contribution is -2.30. The average molecular weight is 409 g/mol. The van der Waals surface area contributed by atoms with E-state index in [1.54, 1.807) is 10.9 Å². The largest absolute Gasteiger partial charge is 0.507 e. The summed E-state index contributed by atoms with van der Waals surface area (Å²) in [6.07, 6.45) is 3.01. The van der Waals surface area contributed by atoms with Gasteiger partial charge in [-0.15, -0.1) is 0 Å². The normalized spacial score (nSPS) is 10.9. The number of aryl methyl sites for hydroxylation is 2. The summed E-state index contributed by atoms with van der Waals surface area (Å²) in [4.78, 5) is 20.9. The summed E-state index contributed by atoms with van der Waals surface area (Å²) in [7, 11) is 0. The van der Waals surface area contributed by atoms with Gasteiger partial charge < -0.3 is 5.11 Å². The number of nitrogens with zero attached hydrogens (tertiary/aromatic N) is 4. The van der Waals surface area contributed by atoms with Crippen LogP contribution in [0.2, 0.25) is 5.02 Å². The van der Waals surface area contributed by atoms with Crippen molar-refractivity contribution in [2.24, 2.45) is 0 Å². The van der Waals surface area contributed by atoms with Crippen LogP contribution >= 0.6 is 11.6 Å². The number of nitrogens with one attached hydrogen (secondary N) is 2. The van der Waals surface area contributed by atoms with E-state index in [0.717, 1.165) is 16.8 Å². The van der Waals surface area contributed by atoms with Gasteiger partial charge in [0.2, 0.25) is 0 Å². The minimum Gasteiger partial charge on any atom is -0.507 e. The molecule has 0 aliphatic heterocycles. The van der Waals surface area contributed by atoms with Crippen molar-refractivity contribution in [1.29, 1.82) is 0 Å². The minimum atomic E-state index is -0.557. The van der Waals surface area contributed by atoms with Crippen molar-refractivity contribution in [2.75, 3.05) is 5.43 Å². The molecule has 146 valence electrons. The van der Waals surface area contributed by atoms with Gasteiger partial charge in [0.05, 0.1) is 22.8 Å². The fraction of sp³-hybridized carbons (Fsp3) is 0.100. The van der Waals surface area contributed by atoms with Crippen LogP contribution in [0, 0.1) is 13.8 Å². The number of amides is 1. The van der Waals surface area contributed by atoms with E-state index in [9.17, 15) is 9.90 Å². The number of phenolic OH excluding ortho intramolecular Hbond substituents is 1. The van der Waals surface area contributed by atoms with Crippen molar-refractivity contribution in [1.82, 2.24) is 25.2 Å². The molecule has 4 aromatic rings. The predicted molar refractivity (Wildman–Crippen MR) is 110 cm³/mol. The van der Waals surface area contributed by atoms with E-state index < -0.39 is 5.91 Å². The Balaban J connectivity index is 1.63. The van der Waals surface area contributed by atoms with Crippen molar-refractivity contribution in [3.05, 3.63) is 70.6 Å². The zero-order valence-electron chi connectivity index (χ0n) is 15.6. The second kappa shape index (κ2) is 7.40. The van der Waals surface area contributed by atoms with E-state index in [-0.39, 0.29) is 11.3 Å². The van der Waals surface area contributed by atoms with Crippen LogP contribution in [0.4, 0.5) is 5.82 Å². The summed E-state index contributed by atoms with van der Waals surface area (Å²) < 4.78 is 1.72. The van der Waals surface area contributed by atoms with Crippen LogP contribution in [-0.2, 0) is 0 Å². The maximum atomic E-state index is 12.4. The van der Waals surface area contributed by atoms with Gasteiger partial charge in [-0.25, -0.2) is 14.6 Å². The third-order valence-corrected chi connectivity index (χ3v) is 4.68. The lowest BCUT2D eigenvalue weighted by Gasteiger charge is -2.10. The molecule has 9 heteroatoms. The van der Waals surface area contributed by atoms with Gasteiger partial charge >= 0.3 is 0 Å². The molecular formula is C20H17ClN6O2. The SMILES string of the molecule is Cc1ccc(-n2ncc3c(NNC(=O)c4cc(Cl)ccc4O)ncnc32)c(C)c1. The number of aromatic hydroxyl groups is 1. The number of fused-ring (bicyclic) bond motifs is 1. The number of hydrogen-bond acceptors (Lipinski definition) is 6. The molecule has 0 radical (unpaired) electrons. The highest BCUT2D eigenvalue weighted by Crippen LogP contribution is 2.24. The maximum Gasteiger partial charge on any atom is 0.273 e. The molecule has 0 saturated heterocycles. The smallest absolute Gasteiger partial charge is 0.273 e. The Labute approximate surface area is 171 Å². The van der Waals surface area contributed by atoms with Crippen LogP contribution < -0.4 is 10.9 Å². The molecule has 0 bridgehead atoms. The zero-order valence-corrected chi connectivity index (χ0v) is 16.4. The molecular weight excluding hydrogens is 392 g/mol. The second-order valence-electron chi connectivity index (χ2n) is 6.55. The Hall–Kier alpha value is -3.65. The summed E-state index contributed by atoms with van der Waals surface area (Å²) in [5.41, 5.74) is 9.03. The molecule has 0 aliphatic carbocycles. The van der Waals surface area contributed by atoms with Crippen LogP contribution in [0.1, 0.15) is 21.5 Å². The van der Waals surface area contributed by atoms with Gasteiger partial charge in [-0.05, 0) is 43.7 Å². The van der Waals surface area contributed by atoms with Crippen LogP contribution in [0.25, 0.3) is 16.7 Å². The molecule has 0 atom stereocenters. The third-order valence-electron chi connectivity index (χ3n) is 4.44. The number of halogens is 1. The molecule has 8 nitrogen and oxygen atoms in total. The summed E-state index contributed by atoms with van der Waals surface area (Å²) in [5.74, 6) is -0.358. The number of aromatic nitrogens is 4. The summed E-state index contributed by atoms with van der Waals surface area (Å²) in [5, 5.41) is 15.3. The number of hydrazine groups is 1. The Morgan fingerprint density at radius 2 is 1.97 bits per heavy atom. The molecule has 1 amide bonds. The first-order valence-electron chi connectivity index (χ1n) is 8.75. The fourth-order valence-corrected chi connectivity index (χ4v) is 3.21. The molecule has 0 aliphatic rings. The molecule has 2 heterocycles. The van der Waals surface area contributed by atoms with E-state index in [1.807, 2.05) is 26.0 Å². The van der Waals surface area contributed by atoms with Crippen molar-refractivity contribution >= 4 is 34.4 Å². The summed E-state index contributed by atoms with van der Waals surface area (Å²) in [6, 6.07) is 10.3. The number of anilines is 1. The summed E-state index contributed by atoms with van der Waals surface area (Å²) in [6.45, 7) is 4.04. The monoisotopic (exact) mass is 408 g/mol. The van der Waals surface area contributed by atoms with Crippen LogP contribution in [0.5, 0.6) is 5.75 Å². The molecule has 4 rings (SSSR count). The van der Waals surface area contributed by atoms with Gasteiger partial charge in [-0.1, -0.05) is 29.3 Å². The van der Waals surface area contributed by atoms with E-state index in [1.165, 1.54) is 24.5 Å². The fourth-order valence-electron chi connectivity index (χ4n) is 3.04. The van der Waals surface area contributed by atoms with Crippen LogP contribution in [0.15, 0.2) is 48.9 Å². The third kappa shape index (κ3) is 3.57. The molecule has 2 aromatic heterocycles. The highest BCUT2D eigenvalue weighted by atomic mass is 35.5. The molecule has 0 saturated carbocycles. The van der Waals surface area contributed by atoms with Gasteiger partial charge in [0, 0.05) is 5.02 Å². The number of hydrogen-bond donors (Lipinski definition) is 3. The van der Waals surface area contributed by atoms with Crippen LogP contribution in [-0.4, -0.2) is 30.8 Å². The average Bonchev–Trinajstić information content (AvgIpc) is 3.12. The van der Waals surface area contributed by atoms with Crippen molar-refractivity contribution in [2.45, 2.75) is 13.8 Å². The van der Waals surface area contributed by atoms with Crippen molar-refractivity contribution in [3.8, 4) is 11.4 Å². The number of carbonyl (C=O) groups excluding carboxylic acids is 1. The Morgan fingerprint density at radius 3 is 2.76 bits per heavy atom. The lowest BCUT2D eigenvalue weighted by molar-refractivity contribution is 0.0960.